The lowest BCUT2D eigenvalue weighted by atomic mass is 10.1. The van der Waals surface area contributed by atoms with Crippen molar-refractivity contribution in [3.05, 3.63) is 23.9 Å². The van der Waals surface area contributed by atoms with Crippen LogP contribution in [0.25, 0.3) is 0 Å². The van der Waals surface area contributed by atoms with E-state index in [2.05, 4.69) is 27.3 Å². The maximum Gasteiger partial charge on any atom is 0.317 e. The fourth-order valence-corrected chi connectivity index (χ4v) is 3.10. The van der Waals surface area contributed by atoms with E-state index in [1.807, 2.05) is 13.1 Å². The highest BCUT2D eigenvalue weighted by Crippen LogP contribution is 2.27. The number of carbonyl (C=O) groups is 1. The molecule has 1 aromatic rings. The Bertz CT molecular complexity index is 522. The topological polar surface area (TPSA) is 68.7 Å². The highest BCUT2D eigenvalue weighted by Gasteiger charge is 2.33. The predicted octanol–water partition coefficient (Wildman–Crippen LogP) is 1.53. The lowest BCUT2D eigenvalue weighted by Crippen LogP contribution is -2.50. The van der Waals surface area contributed by atoms with E-state index in [0.29, 0.717) is 12.6 Å². The molecular weight excluding hydrogens is 292 g/mol. The number of nitrogens with one attached hydrogen (secondary N) is 1. The van der Waals surface area contributed by atoms with E-state index >= 15 is 0 Å². The van der Waals surface area contributed by atoms with Gasteiger partial charge in [0, 0.05) is 37.9 Å². The van der Waals surface area contributed by atoms with E-state index in [4.69, 9.17) is 5.11 Å². The molecule has 2 aliphatic rings. The molecule has 6 heteroatoms. The van der Waals surface area contributed by atoms with E-state index < -0.39 is 0 Å². The number of piperidine rings is 1. The van der Waals surface area contributed by atoms with Crippen molar-refractivity contribution in [3.63, 3.8) is 0 Å². The number of anilines is 1. The van der Waals surface area contributed by atoms with Gasteiger partial charge in [0.1, 0.15) is 5.82 Å². The highest BCUT2D eigenvalue weighted by molar-refractivity contribution is 5.75. The Balaban J connectivity index is 1.48. The van der Waals surface area contributed by atoms with Gasteiger partial charge in [-0.1, -0.05) is 6.07 Å². The number of pyridine rings is 1. The number of rotatable bonds is 5. The SMILES string of the molecule is Cc1ccc(N2CCC(NC(=O)N(CCO)C3CC3)CC2)nc1. The number of urea groups is 1. The zero-order valence-electron chi connectivity index (χ0n) is 13.7. The second kappa shape index (κ2) is 7.17. The molecule has 23 heavy (non-hydrogen) atoms. The number of hydrogen-bond donors (Lipinski definition) is 2. The monoisotopic (exact) mass is 318 g/mol. The number of carbonyl (C=O) groups excluding carboxylic acids is 1. The van der Waals surface area contributed by atoms with Gasteiger partial charge in [0.05, 0.1) is 6.61 Å². The maximum absolute atomic E-state index is 12.3. The van der Waals surface area contributed by atoms with Crippen molar-refractivity contribution in [2.45, 2.75) is 44.7 Å². The molecule has 1 aliphatic heterocycles. The second-order valence-corrected chi connectivity index (χ2v) is 6.55. The fourth-order valence-electron chi connectivity index (χ4n) is 3.10. The molecule has 126 valence electrons. The minimum atomic E-state index is -0.0199. The Hall–Kier alpha value is -1.82. The van der Waals surface area contributed by atoms with E-state index in [9.17, 15) is 4.79 Å². The van der Waals surface area contributed by atoms with Crippen LogP contribution in [0.1, 0.15) is 31.2 Å². The van der Waals surface area contributed by atoms with Gasteiger partial charge in [-0.25, -0.2) is 9.78 Å². The summed E-state index contributed by atoms with van der Waals surface area (Å²) in [7, 11) is 0. The largest absolute Gasteiger partial charge is 0.395 e. The summed E-state index contributed by atoms with van der Waals surface area (Å²) in [5.41, 5.74) is 1.17. The number of amides is 2. The summed E-state index contributed by atoms with van der Waals surface area (Å²) in [4.78, 5) is 20.9. The molecule has 0 bridgehead atoms. The molecule has 2 fully saturated rings. The third-order valence-electron chi connectivity index (χ3n) is 4.63. The summed E-state index contributed by atoms with van der Waals surface area (Å²) in [6.45, 7) is 4.31. The molecule has 0 atom stereocenters. The van der Waals surface area contributed by atoms with Crippen molar-refractivity contribution in [1.29, 1.82) is 0 Å². The zero-order chi connectivity index (χ0) is 16.2. The summed E-state index contributed by atoms with van der Waals surface area (Å²) in [6.07, 6.45) is 5.87. The summed E-state index contributed by atoms with van der Waals surface area (Å²) < 4.78 is 0. The van der Waals surface area contributed by atoms with Gasteiger partial charge in [-0.15, -0.1) is 0 Å². The molecule has 6 nitrogen and oxygen atoms in total. The number of aliphatic hydroxyl groups excluding tert-OH is 1. The molecule has 2 heterocycles. The van der Waals surface area contributed by atoms with E-state index in [1.54, 1.807) is 4.90 Å². The van der Waals surface area contributed by atoms with Crippen LogP contribution in [0.4, 0.5) is 10.6 Å². The maximum atomic E-state index is 12.3. The molecule has 0 aromatic carbocycles. The Morgan fingerprint density at radius 2 is 2.09 bits per heavy atom. The smallest absolute Gasteiger partial charge is 0.317 e. The zero-order valence-corrected chi connectivity index (χ0v) is 13.7. The average molecular weight is 318 g/mol. The molecule has 1 aromatic heterocycles. The van der Waals surface area contributed by atoms with Gasteiger partial charge in [-0.3, -0.25) is 0 Å². The third kappa shape index (κ3) is 4.13. The standard InChI is InChI=1S/C17H26N4O2/c1-13-2-5-16(18-12-13)20-8-6-14(7-9-20)19-17(23)21(10-11-22)15-3-4-15/h2,5,12,14-15,22H,3-4,6-11H2,1H3,(H,19,23). The highest BCUT2D eigenvalue weighted by atomic mass is 16.3. The molecule has 0 radical (unpaired) electrons. The van der Waals surface area contributed by atoms with Crippen LogP contribution in [-0.2, 0) is 0 Å². The first-order valence-electron chi connectivity index (χ1n) is 8.53. The van der Waals surface area contributed by atoms with E-state index in [0.717, 1.165) is 44.6 Å². The van der Waals surface area contributed by atoms with Gasteiger partial charge in [-0.05, 0) is 44.2 Å². The number of nitrogens with zero attached hydrogens (tertiary/aromatic N) is 3. The molecule has 2 N–H and O–H groups in total. The lowest BCUT2D eigenvalue weighted by Gasteiger charge is -2.34. The lowest BCUT2D eigenvalue weighted by molar-refractivity contribution is 0.169. The fraction of sp³-hybridized carbons (Fsp3) is 0.647. The van der Waals surface area contributed by atoms with E-state index in [-0.39, 0.29) is 18.7 Å². The molecule has 0 unspecified atom stereocenters. The number of aryl methyl sites for hydroxylation is 1. The molecule has 1 saturated carbocycles. The predicted molar refractivity (Wildman–Crippen MR) is 89.6 cm³/mol. The summed E-state index contributed by atoms with van der Waals surface area (Å²) in [5, 5.41) is 12.2. The van der Waals surface area contributed by atoms with Crippen molar-refractivity contribution in [2.24, 2.45) is 0 Å². The quantitative estimate of drug-likeness (QED) is 0.864. The van der Waals surface area contributed by atoms with Gasteiger partial charge in [0.15, 0.2) is 0 Å². The Morgan fingerprint density at radius 1 is 1.35 bits per heavy atom. The first-order chi connectivity index (χ1) is 11.2. The second-order valence-electron chi connectivity index (χ2n) is 6.55. The van der Waals surface area contributed by atoms with Crippen LogP contribution in [0.2, 0.25) is 0 Å². The molecule has 3 rings (SSSR count). The first kappa shape index (κ1) is 16.1. The van der Waals surface area contributed by atoms with Crippen molar-refractivity contribution in [3.8, 4) is 0 Å². The van der Waals surface area contributed by atoms with Crippen molar-refractivity contribution in [1.82, 2.24) is 15.2 Å². The van der Waals surface area contributed by atoms with Crippen LogP contribution in [-0.4, -0.2) is 59.3 Å². The third-order valence-corrected chi connectivity index (χ3v) is 4.63. The molecular formula is C17H26N4O2. The summed E-state index contributed by atoms with van der Waals surface area (Å²) in [5.74, 6) is 1.01. The Kier molecular flexibility index (Phi) is 5.00. The summed E-state index contributed by atoms with van der Waals surface area (Å²) >= 11 is 0. The number of aliphatic hydroxyl groups is 1. The number of hydrogen-bond acceptors (Lipinski definition) is 4. The van der Waals surface area contributed by atoms with Crippen LogP contribution >= 0.6 is 0 Å². The Morgan fingerprint density at radius 3 is 2.65 bits per heavy atom. The van der Waals surface area contributed by atoms with E-state index in [1.165, 1.54) is 5.56 Å². The molecule has 1 aliphatic carbocycles. The van der Waals surface area contributed by atoms with Gasteiger partial charge in [-0.2, -0.15) is 0 Å². The molecule has 0 spiro atoms. The Labute approximate surface area is 137 Å². The first-order valence-corrected chi connectivity index (χ1v) is 8.53. The van der Waals surface area contributed by atoms with Gasteiger partial charge in [0.2, 0.25) is 0 Å². The van der Waals surface area contributed by atoms with Crippen molar-refractivity contribution in [2.75, 3.05) is 31.1 Å². The van der Waals surface area contributed by atoms with Crippen molar-refractivity contribution >= 4 is 11.8 Å². The van der Waals surface area contributed by atoms with Crippen LogP contribution in [0.5, 0.6) is 0 Å². The van der Waals surface area contributed by atoms with Crippen LogP contribution in [0.3, 0.4) is 0 Å². The van der Waals surface area contributed by atoms with Gasteiger partial charge < -0.3 is 20.2 Å². The number of aromatic nitrogens is 1. The van der Waals surface area contributed by atoms with Gasteiger partial charge >= 0.3 is 6.03 Å². The van der Waals surface area contributed by atoms with Crippen LogP contribution in [0, 0.1) is 6.92 Å². The molecule has 1 saturated heterocycles. The van der Waals surface area contributed by atoms with Gasteiger partial charge in [0.25, 0.3) is 0 Å². The minimum Gasteiger partial charge on any atom is -0.395 e. The van der Waals surface area contributed by atoms with Crippen LogP contribution < -0.4 is 10.2 Å². The summed E-state index contributed by atoms with van der Waals surface area (Å²) in [6, 6.07) is 4.67. The average Bonchev–Trinajstić information content (AvgIpc) is 3.39. The minimum absolute atomic E-state index is 0.0199. The molecule has 2 amide bonds. The van der Waals surface area contributed by atoms with Crippen LogP contribution in [0.15, 0.2) is 18.3 Å². The normalized spacial score (nSPS) is 18.8. The van der Waals surface area contributed by atoms with Crippen molar-refractivity contribution < 1.29 is 9.90 Å².